The highest BCUT2D eigenvalue weighted by molar-refractivity contribution is 5.74. The number of nitrogens with one attached hydrogen (secondary N) is 1. The van der Waals surface area contributed by atoms with Crippen LogP contribution in [0, 0.1) is 0 Å². The topological polar surface area (TPSA) is 53.9 Å². The summed E-state index contributed by atoms with van der Waals surface area (Å²) < 4.78 is 1.68. The van der Waals surface area contributed by atoms with Gasteiger partial charge >= 0.3 is 5.69 Å². The number of likely N-dealkylation sites (N-methyl/N-ethyl adjacent to an activating group) is 1. The molecule has 5 heteroatoms. The molecule has 0 saturated heterocycles. The maximum Gasteiger partial charge on any atom is 0.343 e. The maximum atomic E-state index is 11.6. The molecule has 1 aromatic carbocycles. The smallest absolute Gasteiger partial charge is 0.343 e. The van der Waals surface area contributed by atoms with Crippen LogP contribution < -0.4 is 10.6 Å². The largest absolute Gasteiger partial charge is 0.372 e. The third kappa shape index (κ3) is 1.18. The van der Waals surface area contributed by atoms with E-state index >= 15 is 0 Å². The second kappa shape index (κ2) is 3.23. The van der Waals surface area contributed by atoms with Crippen molar-refractivity contribution in [3.05, 3.63) is 34.7 Å². The van der Waals surface area contributed by atoms with Crippen molar-refractivity contribution in [3.8, 4) is 11.4 Å². The van der Waals surface area contributed by atoms with E-state index in [1.165, 1.54) is 0 Å². The molecule has 0 aliphatic carbocycles. The third-order valence-electron chi connectivity index (χ3n) is 2.97. The fourth-order valence-electron chi connectivity index (χ4n) is 2.10. The maximum absolute atomic E-state index is 11.6. The van der Waals surface area contributed by atoms with Crippen LogP contribution in [0.25, 0.3) is 11.4 Å². The minimum atomic E-state index is -0.139. The average molecular weight is 216 g/mol. The number of hydrogen-bond donors (Lipinski definition) is 1. The molecule has 0 fully saturated rings. The number of aromatic nitrogens is 3. The fraction of sp³-hybridized carbons (Fsp3) is 0.273. The number of aromatic amines is 1. The Morgan fingerprint density at radius 3 is 3.00 bits per heavy atom. The van der Waals surface area contributed by atoms with Crippen LogP contribution in [-0.2, 0) is 6.54 Å². The number of benzene rings is 1. The Balaban J connectivity index is 2.32. The molecule has 0 bridgehead atoms. The molecular formula is C11H12N4O. The van der Waals surface area contributed by atoms with Gasteiger partial charge in [-0.15, -0.1) is 0 Å². The first-order valence-electron chi connectivity index (χ1n) is 5.23. The zero-order valence-electron chi connectivity index (χ0n) is 8.97. The Kier molecular flexibility index (Phi) is 1.86. The Morgan fingerprint density at radius 2 is 2.12 bits per heavy atom. The highest BCUT2D eigenvalue weighted by Gasteiger charge is 2.19. The Morgan fingerprint density at radius 1 is 1.31 bits per heavy atom. The van der Waals surface area contributed by atoms with Crippen LogP contribution in [0.15, 0.2) is 29.1 Å². The lowest BCUT2D eigenvalue weighted by molar-refractivity contribution is 0.678. The molecule has 0 radical (unpaired) electrons. The monoisotopic (exact) mass is 216 g/mol. The van der Waals surface area contributed by atoms with E-state index in [4.69, 9.17) is 0 Å². The van der Waals surface area contributed by atoms with Crippen LogP contribution in [-0.4, -0.2) is 28.4 Å². The summed E-state index contributed by atoms with van der Waals surface area (Å²) in [6.45, 7) is 1.47. The zero-order chi connectivity index (χ0) is 11.1. The Bertz CT molecular complexity index is 584. The van der Waals surface area contributed by atoms with E-state index in [2.05, 4.69) is 15.1 Å². The summed E-state index contributed by atoms with van der Waals surface area (Å²) in [6, 6.07) is 7.99. The molecule has 0 spiro atoms. The van der Waals surface area contributed by atoms with Gasteiger partial charge in [-0.05, 0) is 12.1 Å². The van der Waals surface area contributed by atoms with Gasteiger partial charge in [0.25, 0.3) is 0 Å². The van der Waals surface area contributed by atoms with E-state index in [-0.39, 0.29) is 5.69 Å². The summed E-state index contributed by atoms with van der Waals surface area (Å²) in [5.41, 5.74) is 1.97. The number of fused-ring (bicyclic) bond motifs is 3. The van der Waals surface area contributed by atoms with Gasteiger partial charge in [-0.3, -0.25) is 4.57 Å². The van der Waals surface area contributed by atoms with Crippen molar-refractivity contribution in [2.45, 2.75) is 6.54 Å². The summed E-state index contributed by atoms with van der Waals surface area (Å²) in [5, 5.41) is 6.59. The van der Waals surface area contributed by atoms with Crippen molar-refractivity contribution in [2.75, 3.05) is 18.5 Å². The second-order valence-electron chi connectivity index (χ2n) is 3.94. The molecular weight excluding hydrogens is 204 g/mol. The summed E-state index contributed by atoms with van der Waals surface area (Å²) >= 11 is 0. The van der Waals surface area contributed by atoms with Crippen molar-refractivity contribution >= 4 is 5.69 Å². The van der Waals surface area contributed by atoms with E-state index in [9.17, 15) is 4.79 Å². The van der Waals surface area contributed by atoms with Crippen LogP contribution in [0.5, 0.6) is 0 Å². The Hall–Kier alpha value is -2.04. The minimum absolute atomic E-state index is 0.139. The van der Waals surface area contributed by atoms with Crippen LogP contribution in [0.4, 0.5) is 5.69 Å². The van der Waals surface area contributed by atoms with Crippen LogP contribution in [0.3, 0.4) is 0 Å². The first kappa shape index (κ1) is 9.21. The lowest BCUT2D eigenvalue weighted by atomic mass is 10.1. The van der Waals surface area contributed by atoms with Gasteiger partial charge in [-0.25, -0.2) is 9.89 Å². The fourth-order valence-corrected chi connectivity index (χ4v) is 2.10. The quantitative estimate of drug-likeness (QED) is 0.705. The van der Waals surface area contributed by atoms with Crippen molar-refractivity contribution in [1.29, 1.82) is 0 Å². The van der Waals surface area contributed by atoms with Crippen molar-refractivity contribution in [3.63, 3.8) is 0 Å². The number of rotatable bonds is 0. The van der Waals surface area contributed by atoms with Gasteiger partial charge in [0.15, 0.2) is 5.82 Å². The minimum Gasteiger partial charge on any atom is -0.372 e. The van der Waals surface area contributed by atoms with Crippen LogP contribution in [0.1, 0.15) is 0 Å². The van der Waals surface area contributed by atoms with Crippen LogP contribution in [0.2, 0.25) is 0 Å². The van der Waals surface area contributed by atoms with E-state index in [1.54, 1.807) is 4.57 Å². The molecule has 2 heterocycles. The van der Waals surface area contributed by atoms with Gasteiger partial charge in [-0.2, -0.15) is 5.10 Å². The van der Waals surface area contributed by atoms with Gasteiger partial charge in [0.05, 0.1) is 0 Å². The molecule has 1 aliphatic heterocycles. The summed E-state index contributed by atoms with van der Waals surface area (Å²) in [5.74, 6) is 0.727. The first-order valence-corrected chi connectivity index (χ1v) is 5.23. The predicted molar refractivity (Wildman–Crippen MR) is 61.6 cm³/mol. The molecule has 1 aromatic heterocycles. The molecule has 5 nitrogen and oxygen atoms in total. The SMILES string of the molecule is CN1CCn2c(n[nH]c2=O)-c2ccccc21. The van der Waals surface area contributed by atoms with Gasteiger partial charge in [0.2, 0.25) is 0 Å². The normalized spacial score (nSPS) is 14.2. The molecule has 0 unspecified atom stereocenters. The van der Waals surface area contributed by atoms with Crippen molar-refractivity contribution < 1.29 is 0 Å². The van der Waals surface area contributed by atoms with Gasteiger partial charge in [-0.1, -0.05) is 12.1 Å². The molecule has 1 aliphatic rings. The van der Waals surface area contributed by atoms with E-state index in [1.807, 2.05) is 31.3 Å². The van der Waals surface area contributed by atoms with Gasteiger partial charge in [0.1, 0.15) is 0 Å². The van der Waals surface area contributed by atoms with E-state index in [0.29, 0.717) is 6.54 Å². The van der Waals surface area contributed by atoms with Gasteiger partial charge in [0, 0.05) is 31.4 Å². The summed E-state index contributed by atoms with van der Waals surface area (Å²) in [6.07, 6.45) is 0. The van der Waals surface area contributed by atoms with E-state index in [0.717, 1.165) is 23.6 Å². The number of hydrogen-bond acceptors (Lipinski definition) is 3. The Labute approximate surface area is 92.3 Å². The molecule has 0 atom stereocenters. The number of H-pyrrole nitrogens is 1. The lowest BCUT2D eigenvalue weighted by Crippen LogP contribution is -2.25. The molecule has 3 rings (SSSR count). The van der Waals surface area contributed by atoms with E-state index < -0.39 is 0 Å². The number of para-hydroxylation sites is 1. The van der Waals surface area contributed by atoms with Crippen molar-refractivity contribution in [1.82, 2.24) is 14.8 Å². The van der Waals surface area contributed by atoms with Crippen molar-refractivity contribution in [2.24, 2.45) is 0 Å². The molecule has 0 saturated carbocycles. The zero-order valence-corrected chi connectivity index (χ0v) is 8.97. The standard InChI is InChI=1S/C11H12N4O/c1-14-6-7-15-10(12-13-11(15)16)8-4-2-3-5-9(8)14/h2-5H,6-7H2,1H3,(H,13,16). The molecule has 82 valence electrons. The van der Waals surface area contributed by atoms with Crippen LogP contribution >= 0.6 is 0 Å². The highest BCUT2D eigenvalue weighted by atomic mass is 16.1. The first-order chi connectivity index (χ1) is 7.77. The highest BCUT2D eigenvalue weighted by Crippen LogP contribution is 2.29. The second-order valence-corrected chi connectivity index (χ2v) is 3.94. The number of anilines is 1. The summed E-state index contributed by atoms with van der Waals surface area (Å²) in [7, 11) is 2.03. The van der Waals surface area contributed by atoms with Gasteiger partial charge < -0.3 is 4.90 Å². The molecule has 0 amide bonds. The number of nitrogens with zero attached hydrogens (tertiary/aromatic N) is 3. The molecule has 2 aromatic rings. The molecule has 1 N–H and O–H groups in total. The third-order valence-corrected chi connectivity index (χ3v) is 2.97. The average Bonchev–Trinajstić information content (AvgIpc) is 2.60. The molecule has 16 heavy (non-hydrogen) atoms. The lowest BCUT2D eigenvalue weighted by Gasteiger charge is -2.17. The summed E-state index contributed by atoms with van der Waals surface area (Å²) in [4.78, 5) is 13.7. The predicted octanol–water partition coefficient (Wildman–Crippen LogP) is 0.688.